The van der Waals surface area contributed by atoms with Crippen molar-refractivity contribution in [3.63, 3.8) is 0 Å². The third-order valence-electron chi connectivity index (χ3n) is 3.62. The van der Waals surface area contributed by atoms with Crippen molar-refractivity contribution in [1.29, 1.82) is 0 Å². The Bertz CT molecular complexity index is 587. The molecule has 2 rings (SSSR count). The zero-order valence-corrected chi connectivity index (χ0v) is 14.9. The number of hydrogen-bond acceptors (Lipinski definition) is 1. The second-order valence-corrected chi connectivity index (χ2v) is 7.04. The van der Waals surface area contributed by atoms with E-state index in [1.807, 2.05) is 0 Å². The number of hydrogen-bond donors (Lipinski definition) is 1. The second-order valence-electron chi connectivity index (χ2n) is 6.19. The van der Waals surface area contributed by atoms with Crippen LogP contribution in [0.15, 0.2) is 46.9 Å². The Balaban J connectivity index is 2.07. The zero-order chi connectivity index (χ0) is 15.4. The van der Waals surface area contributed by atoms with Gasteiger partial charge in [0.25, 0.3) is 0 Å². The normalized spacial score (nSPS) is 12.5. The van der Waals surface area contributed by atoms with E-state index < -0.39 is 0 Å². The van der Waals surface area contributed by atoms with Crippen LogP contribution in [0.25, 0.3) is 0 Å². The van der Waals surface area contributed by atoms with Gasteiger partial charge < -0.3 is 5.32 Å². The Morgan fingerprint density at radius 1 is 1.00 bits per heavy atom. The van der Waals surface area contributed by atoms with Gasteiger partial charge in [-0.1, -0.05) is 44.2 Å². The van der Waals surface area contributed by atoms with Crippen molar-refractivity contribution in [3.8, 4) is 0 Å². The Morgan fingerprint density at radius 2 is 1.67 bits per heavy atom. The highest BCUT2D eigenvalue weighted by molar-refractivity contribution is 9.10. The summed E-state index contributed by atoms with van der Waals surface area (Å²) in [4.78, 5) is 0. The summed E-state index contributed by atoms with van der Waals surface area (Å²) in [5.74, 6) is 0.704. The highest BCUT2D eigenvalue weighted by Crippen LogP contribution is 2.27. The number of anilines is 1. The van der Waals surface area contributed by atoms with E-state index in [4.69, 9.17) is 0 Å². The third kappa shape index (κ3) is 4.60. The summed E-state index contributed by atoms with van der Waals surface area (Å²) in [7, 11) is 0. The van der Waals surface area contributed by atoms with Gasteiger partial charge >= 0.3 is 0 Å². The Labute approximate surface area is 136 Å². The minimum atomic E-state index is 0.289. The van der Waals surface area contributed by atoms with Crippen molar-refractivity contribution in [2.75, 3.05) is 5.32 Å². The molecule has 112 valence electrons. The van der Waals surface area contributed by atoms with Crippen molar-refractivity contribution in [3.05, 3.63) is 63.6 Å². The van der Waals surface area contributed by atoms with Crippen LogP contribution in [0, 0.1) is 12.8 Å². The van der Waals surface area contributed by atoms with Crippen LogP contribution in [-0.4, -0.2) is 0 Å². The van der Waals surface area contributed by atoms with Crippen LogP contribution in [0.5, 0.6) is 0 Å². The first kappa shape index (κ1) is 16.1. The van der Waals surface area contributed by atoms with Crippen LogP contribution in [0.4, 0.5) is 5.69 Å². The summed E-state index contributed by atoms with van der Waals surface area (Å²) in [5.41, 5.74) is 5.13. The minimum absolute atomic E-state index is 0.289. The van der Waals surface area contributed by atoms with Crippen LogP contribution in [-0.2, 0) is 6.42 Å². The van der Waals surface area contributed by atoms with E-state index in [1.165, 1.54) is 16.7 Å². The average molecular weight is 346 g/mol. The topological polar surface area (TPSA) is 12.0 Å². The zero-order valence-electron chi connectivity index (χ0n) is 13.3. The molecule has 0 bridgehead atoms. The molecule has 0 aliphatic heterocycles. The fourth-order valence-corrected chi connectivity index (χ4v) is 3.08. The third-order valence-corrected chi connectivity index (χ3v) is 4.28. The molecule has 2 aromatic rings. The first-order chi connectivity index (χ1) is 9.95. The van der Waals surface area contributed by atoms with Gasteiger partial charge in [0.1, 0.15) is 0 Å². The van der Waals surface area contributed by atoms with Crippen LogP contribution in [0.1, 0.15) is 43.5 Å². The maximum atomic E-state index is 3.62. The van der Waals surface area contributed by atoms with E-state index in [0.717, 1.165) is 16.6 Å². The molecule has 2 aromatic carbocycles. The van der Waals surface area contributed by atoms with E-state index in [1.54, 1.807) is 0 Å². The number of benzene rings is 2. The van der Waals surface area contributed by atoms with Gasteiger partial charge in [-0.15, -0.1) is 0 Å². The van der Waals surface area contributed by atoms with Gasteiger partial charge in [-0.3, -0.25) is 0 Å². The SMILES string of the molecule is Cc1ccc(NC(C)c2ccc(CC(C)C)cc2)c(Br)c1. The minimum Gasteiger partial charge on any atom is -0.378 e. The summed E-state index contributed by atoms with van der Waals surface area (Å²) in [6, 6.07) is 15.6. The fraction of sp³-hybridized carbons (Fsp3) is 0.368. The lowest BCUT2D eigenvalue weighted by molar-refractivity contribution is 0.647. The Morgan fingerprint density at radius 3 is 2.24 bits per heavy atom. The quantitative estimate of drug-likeness (QED) is 0.687. The molecule has 1 atom stereocenters. The van der Waals surface area contributed by atoms with Crippen molar-refractivity contribution < 1.29 is 0 Å². The molecule has 0 fully saturated rings. The van der Waals surface area contributed by atoms with Gasteiger partial charge in [0.05, 0.1) is 0 Å². The molecular weight excluding hydrogens is 322 g/mol. The second kappa shape index (κ2) is 7.13. The molecule has 1 unspecified atom stereocenters. The molecule has 0 saturated carbocycles. The summed E-state index contributed by atoms with van der Waals surface area (Å²) >= 11 is 3.62. The predicted molar refractivity (Wildman–Crippen MR) is 95.9 cm³/mol. The van der Waals surface area contributed by atoms with E-state index in [9.17, 15) is 0 Å². The predicted octanol–water partition coefficient (Wildman–Crippen LogP) is 6.13. The maximum Gasteiger partial charge on any atom is 0.0489 e. The lowest BCUT2D eigenvalue weighted by Gasteiger charge is -2.18. The Hall–Kier alpha value is -1.28. The van der Waals surface area contributed by atoms with Gasteiger partial charge in [0, 0.05) is 16.2 Å². The maximum absolute atomic E-state index is 3.62. The molecule has 0 aliphatic rings. The van der Waals surface area contributed by atoms with E-state index in [-0.39, 0.29) is 6.04 Å². The number of nitrogens with one attached hydrogen (secondary N) is 1. The van der Waals surface area contributed by atoms with E-state index in [2.05, 4.69) is 91.4 Å². The standard InChI is InChI=1S/C19H24BrN/c1-13(2)11-16-6-8-17(9-7-16)15(4)21-19-10-5-14(3)12-18(19)20/h5-10,12-13,15,21H,11H2,1-4H3. The van der Waals surface area contributed by atoms with Crippen molar-refractivity contribution in [2.45, 2.75) is 40.2 Å². The highest BCUT2D eigenvalue weighted by atomic mass is 79.9. The van der Waals surface area contributed by atoms with Gasteiger partial charge in [-0.2, -0.15) is 0 Å². The molecule has 0 spiro atoms. The average Bonchev–Trinajstić information content (AvgIpc) is 2.42. The number of rotatable bonds is 5. The molecule has 0 aliphatic carbocycles. The largest absolute Gasteiger partial charge is 0.378 e. The molecule has 21 heavy (non-hydrogen) atoms. The van der Waals surface area contributed by atoms with Crippen molar-refractivity contribution >= 4 is 21.6 Å². The molecule has 0 saturated heterocycles. The lowest BCUT2D eigenvalue weighted by atomic mass is 10.00. The summed E-state index contributed by atoms with van der Waals surface area (Å²) in [6.45, 7) is 8.81. The van der Waals surface area contributed by atoms with Gasteiger partial charge in [0.2, 0.25) is 0 Å². The fourth-order valence-electron chi connectivity index (χ4n) is 2.47. The molecule has 0 aromatic heterocycles. The molecule has 1 N–H and O–H groups in total. The summed E-state index contributed by atoms with van der Waals surface area (Å²) in [6.07, 6.45) is 1.14. The van der Waals surface area contributed by atoms with Crippen LogP contribution < -0.4 is 5.32 Å². The van der Waals surface area contributed by atoms with E-state index >= 15 is 0 Å². The molecule has 1 nitrogen and oxygen atoms in total. The number of aryl methyl sites for hydroxylation is 1. The number of halogens is 1. The van der Waals surface area contributed by atoms with E-state index in [0.29, 0.717) is 5.92 Å². The van der Waals surface area contributed by atoms with Crippen molar-refractivity contribution in [2.24, 2.45) is 5.92 Å². The molecule has 0 heterocycles. The molecule has 0 amide bonds. The molecule has 0 radical (unpaired) electrons. The Kier molecular flexibility index (Phi) is 5.46. The van der Waals surface area contributed by atoms with Gasteiger partial charge in [0.15, 0.2) is 0 Å². The first-order valence-electron chi connectivity index (χ1n) is 7.57. The lowest BCUT2D eigenvalue weighted by Crippen LogP contribution is -2.07. The molecule has 2 heteroatoms. The van der Waals surface area contributed by atoms with Crippen LogP contribution in [0.2, 0.25) is 0 Å². The monoisotopic (exact) mass is 345 g/mol. The summed E-state index contributed by atoms with van der Waals surface area (Å²) in [5, 5.41) is 3.57. The first-order valence-corrected chi connectivity index (χ1v) is 8.36. The van der Waals surface area contributed by atoms with Gasteiger partial charge in [-0.05, 0) is 70.9 Å². The van der Waals surface area contributed by atoms with Crippen LogP contribution >= 0.6 is 15.9 Å². The summed E-state index contributed by atoms with van der Waals surface area (Å²) < 4.78 is 1.12. The van der Waals surface area contributed by atoms with Crippen LogP contribution in [0.3, 0.4) is 0 Å². The van der Waals surface area contributed by atoms with Gasteiger partial charge in [-0.25, -0.2) is 0 Å². The smallest absolute Gasteiger partial charge is 0.0489 e. The molecular formula is C19H24BrN. The highest BCUT2D eigenvalue weighted by Gasteiger charge is 2.08. The van der Waals surface area contributed by atoms with Crippen molar-refractivity contribution in [1.82, 2.24) is 0 Å².